The van der Waals surface area contributed by atoms with Crippen LogP contribution in [0.15, 0.2) is 36.5 Å². The van der Waals surface area contributed by atoms with Crippen molar-refractivity contribution in [3.8, 4) is 0 Å². The number of rotatable bonds is 2. The Morgan fingerprint density at radius 1 is 1.12 bits per heavy atom. The Labute approximate surface area is 181 Å². The zero-order chi connectivity index (χ0) is 22.5. The zero-order valence-corrected chi connectivity index (χ0v) is 16.9. The number of carbonyl (C=O) groups excluding carboxylic acids is 1. The highest BCUT2D eigenvalue weighted by atomic mass is 19.4. The van der Waals surface area contributed by atoms with Crippen molar-refractivity contribution >= 4 is 22.6 Å². The summed E-state index contributed by atoms with van der Waals surface area (Å²) in [5, 5.41) is 0.754. The first-order valence-electron chi connectivity index (χ1n) is 10.0. The Hall–Kier alpha value is -3.24. The van der Waals surface area contributed by atoms with Gasteiger partial charge in [-0.15, -0.1) is 0 Å². The molecular weight excluding hydrogens is 425 g/mol. The molecule has 1 fully saturated rings. The summed E-state index contributed by atoms with van der Waals surface area (Å²) < 4.78 is 49.8. The molecule has 0 bridgehead atoms. The number of morpholine rings is 1. The number of carbonyl (C=O) groups is 1. The SMILES string of the molecule is Nc1nc2cnc(C(=O)N3CCOC[C@H]3c3ccc(C(F)(F)F)cc3)cc2c2c1COC2. The normalized spacial score (nSPS) is 18.7. The summed E-state index contributed by atoms with van der Waals surface area (Å²) in [6.45, 7) is 1.56. The minimum Gasteiger partial charge on any atom is -0.383 e. The van der Waals surface area contributed by atoms with Crippen LogP contribution in [0, 0.1) is 0 Å². The molecule has 2 aliphatic heterocycles. The minimum absolute atomic E-state index is 0.187. The quantitative estimate of drug-likeness (QED) is 0.651. The molecule has 10 heteroatoms. The van der Waals surface area contributed by atoms with Crippen molar-refractivity contribution in [3.05, 3.63) is 64.5 Å². The molecule has 4 heterocycles. The number of halogens is 3. The van der Waals surface area contributed by atoms with Crippen LogP contribution in [-0.2, 0) is 28.9 Å². The lowest BCUT2D eigenvalue weighted by atomic mass is 10.0. The highest BCUT2D eigenvalue weighted by Gasteiger charge is 2.33. The molecule has 1 atom stereocenters. The Morgan fingerprint density at radius 3 is 2.62 bits per heavy atom. The average molecular weight is 444 g/mol. The lowest BCUT2D eigenvalue weighted by Gasteiger charge is -2.35. The van der Waals surface area contributed by atoms with Crippen molar-refractivity contribution in [3.63, 3.8) is 0 Å². The molecule has 3 aromatic rings. The van der Waals surface area contributed by atoms with Gasteiger partial charge >= 0.3 is 6.18 Å². The van der Waals surface area contributed by atoms with Gasteiger partial charge in [0.1, 0.15) is 11.5 Å². The number of pyridine rings is 2. The van der Waals surface area contributed by atoms with E-state index in [1.165, 1.54) is 18.3 Å². The number of nitrogens with zero attached hydrogens (tertiary/aromatic N) is 3. The summed E-state index contributed by atoms with van der Waals surface area (Å²) in [7, 11) is 0. The molecule has 1 amide bonds. The largest absolute Gasteiger partial charge is 0.416 e. The summed E-state index contributed by atoms with van der Waals surface area (Å²) in [6.07, 6.45) is -2.92. The van der Waals surface area contributed by atoms with Crippen molar-refractivity contribution in [2.75, 3.05) is 25.5 Å². The van der Waals surface area contributed by atoms with Gasteiger partial charge < -0.3 is 20.1 Å². The molecule has 32 heavy (non-hydrogen) atoms. The first kappa shape index (κ1) is 20.7. The second-order valence-corrected chi connectivity index (χ2v) is 7.74. The highest BCUT2D eigenvalue weighted by molar-refractivity contribution is 5.97. The molecular formula is C22H19F3N4O3. The minimum atomic E-state index is -4.42. The van der Waals surface area contributed by atoms with Gasteiger partial charge in [0, 0.05) is 17.5 Å². The van der Waals surface area contributed by atoms with Crippen LogP contribution in [0.5, 0.6) is 0 Å². The monoisotopic (exact) mass is 444 g/mol. The Morgan fingerprint density at radius 2 is 1.88 bits per heavy atom. The second-order valence-electron chi connectivity index (χ2n) is 7.74. The summed E-state index contributed by atoms with van der Waals surface area (Å²) in [6, 6.07) is 5.95. The number of nitrogens with two attached hydrogens (primary N) is 1. The van der Waals surface area contributed by atoms with E-state index in [1.807, 2.05) is 0 Å². The molecule has 0 saturated carbocycles. The van der Waals surface area contributed by atoms with E-state index in [4.69, 9.17) is 15.2 Å². The first-order valence-corrected chi connectivity index (χ1v) is 10.0. The molecule has 0 spiro atoms. The van der Waals surface area contributed by atoms with Gasteiger partial charge in [-0.3, -0.25) is 4.79 Å². The number of fused-ring (bicyclic) bond motifs is 3. The molecule has 5 rings (SSSR count). The number of alkyl halides is 3. The summed E-state index contributed by atoms with van der Waals surface area (Å²) in [5.41, 5.74) is 8.32. The number of nitrogen functional groups attached to an aromatic ring is 1. The maximum Gasteiger partial charge on any atom is 0.416 e. The lowest BCUT2D eigenvalue weighted by Crippen LogP contribution is -2.43. The Bertz CT molecular complexity index is 1200. The van der Waals surface area contributed by atoms with Gasteiger partial charge in [0.15, 0.2) is 0 Å². The molecule has 2 aromatic heterocycles. The number of hydrogen-bond acceptors (Lipinski definition) is 6. The van der Waals surface area contributed by atoms with E-state index < -0.39 is 17.8 Å². The van der Waals surface area contributed by atoms with Crippen molar-refractivity contribution in [2.45, 2.75) is 25.4 Å². The second kappa shape index (κ2) is 7.72. The van der Waals surface area contributed by atoms with Crippen LogP contribution in [0.1, 0.15) is 38.8 Å². The van der Waals surface area contributed by atoms with Crippen molar-refractivity contribution in [2.24, 2.45) is 0 Å². The number of amides is 1. The third-order valence-corrected chi connectivity index (χ3v) is 5.85. The summed E-state index contributed by atoms with van der Waals surface area (Å²) in [4.78, 5) is 23.6. The van der Waals surface area contributed by atoms with Crippen LogP contribution in [0.2, 0.25) is 0 Å². The van der Waals surface area contributed by atoms with Crippen LogP contribution in [0.3, 0.4) is 0 Å². The van der Waals surface area contributed by atoms with E-state index in [9.17, 15) is 18.0 Å². The highest BCUT2D eigenvalue weighted by Crippen LogP contribution is 2.33. The lowest BCUT2D eigenvalue weighted by molar-refractivity contribution is -0.137. The van der Waals surface area contributed by atoms with E-state index in [1.54, 1.807) is 11.0 Å². The molecule has 0 unspecified atom stereocenters. The molecule has 166 valence electrons. The maximum atomic E-state index is 13.4. The summed E-state index contributed by atoms with van der Waals surface area (Å²) >= 11 is 0. The van der Waals surface area contributed by atoms with Crippen LogP contribution in [0.25, 0.3) is 10.9 Å². The Kier molecular flexibility index (Phi) is 4.98. The number of anilines is 1. The van der Waals surface area contributed by atoms with Gasteiger partial charge in [-0.25, -0.2) is 9.97 Å². The third kappa shape index (κ3) is 3.55. The van der Waals surface area contributed by atoms with Crippen molar-refractivity contribution < 1.29 is 27.4 Å². The van der Waals surface area contributed by atoms with E-state index >= 15 is 0 Å². The predicted molar refractivity (Wildman–Crippen MR) is 108 cm³/mol. The van der Waals surface area contributed by atoms with Crippen LogP contribution in [0.4, 0.5) is 19.0 Å². The third-order valence-electron chi connectivity index (χ3n) is 5.85. The standard InChI is InChI=1S/C22H19F3N4O3/c23-22(24,25)13-3-1-12(2-4-13)19-11-31-6-5-29(19)21(30)17-7-14-15-9-32-10-16(15)20(26)28-18(14)8-27-17/h1-4,7-8,19H,5-6,9-11H2,(H2,26,28)/t19-/m0/s1. The molecule has 7 nitrogen and oxygen atoms in total. The van der Waals surface area contributed by atoms with E-state index in [2.05, 4.69) is 9.97 Å². The van der Waals surface area contributed by atoms with Gasteiger partial charge in [-0.1, -0.05) is 12.1 Å². The van der Waals surface area contributed by atoms with Crippen LogP contribution in [-0.4, -0.2) is 40.5 Å². The fourth-order valence-corrected chi connectivity index (χ4v) is 4.16. The molecule has 0 aliphatic carbocycles. The van der Waals surface area contributed by atoms with Crippen molar-refractivity contribution in [1.29, 1.82) is 0 Å². The molecule has 2 N–H and O–H groups in total. The van der Waals surface area contributed by atoms with Gasteiger partial charge in [0.2, 0.25) is 0 Å². The van der Waals surface area contributed by atoms with E-state index in [0.717, 1.165) is 28.6 Å². The fraction of sp³-hybridized carbons (Fsp3) is 0.318. The predicted octanol–water partition coefficient (Wildman–Crippen LogP) is 3.47. The smallest absolute Gasteiger partial charge is 0.383 e. The topological polar surface area (TPSA) is 90.6 Å². The van der Waals surface area contributed by atoms with Crippen LogP contribution >= 0.6 is 0 Å². The van der Waals surface area contributed by atoms with Crippen LogP contribution < -0.4 is 5.73 Å². The van der Waals surface area contributed by atoms with E-state index in [-0.39, 0.29) is 18.2 Å². The number of aromatic nitrogens is 2. The van der Waals surface area contributed by atoms with Gasteiger partial charge in [-0.2, -0.15) is 13.2 Å². The average Bonchev–Trinajstić information content (AvgIpc) is 3.29. The van der Waals surface area contributed by atoms with Crippen molar-refractivity contribution in [1.82, 2.24) is 14.9 Å². The number of ether oxygens (including phenoxy) is 2. The summed E-state index contributed by atoms with van der Waals surface area (Å²) in [5.74, 6) is 0.0611. The molecule has 0 radical (unpaired) electrons. The first-order chi connectivity index (χ1) is 15.3. The molecule has 2 aliphatic rings. The number of benzene rings is 1. The van der Waals surface area contributed by atoms with Gasteiger partial charge in [0.05, 0.1) is 49.7 Å². The zero-order valence-electron chi connectivity index (χ0n) is 16.9. The maximum absolute atomic E-state index is 13.4. The molecule has 1 aromatic carbocycles. The van der Waals surface area contributed by atoms with Gasteiger partial charge in [0.25, 0.3) is 5.91 Å². The molecule has 1 saturated heterocycles. The van der Waals surface area contributed by atoms with E-state index in [0.29, 0.717) is 43.3 Å². The number of hydrogen-bond donors (Lipinski definition) is 1. The van der Waals surface area contributed by atoms with Gasteiger partial charge in [-0.05, 0) is 29.3 Å². The Balaban J connectivity index is 1.48. The fourth-order valence-electron chi connectivity index (χ4n) is 4.16.